The molecule has 3 rings (SSSR count). The molecule has 2 amide bonds. The van der Waals surface area contributed by atoms with Crippen LogP contribution in [0.2, 0.25) is 0 Å². The topological polar surface area (TPSA) is 168 Å². The van der Waals surface area contributed by atoms with E-state index in [1.54, 1.807) is 0 Å². The molecule has 0 saturated heterocycles. The van der Waals surface area contributed by atoms with Crippen molar-refractivity contribution in [2.75, 3.05) is 11.9 Å². The molecule has 0 aromatic heterocycles. The zero-order chi connectivity index (χ0) is 24.7. The van der Waals surface area contributed by atoms with E-state index >= 15 is 0 Å². The number of hydrogen-bond donors (Lipinski definition) is 4. The minimum atomic E-state index is -4.21. The van der Waals surface area contributed by atoms with E-state index in [4.69, 9.17) is 0 Å². The summed E-state index contributed by atoms with van der Waals surface area (Å²) in [5.41, 5.74) is 0.735. The van der Waals surface area contributed by atoms with E-state index in [1.165, 1.54) is 72.8 Å². The van der Waals surface area contributed by atoms with E-state index < -0.39 is 33.3 Å². The predicted molar refractivity (Wildman–Crippen MR) is 123 cm³/mol. The summed E-state index contributed by atoms with van der Waals surface area (Å²) >= 11 is 0. The molecule has 0 saturated carbocycles. The molecule has 0 spiro atoms. The Labute approximate surface area is 194 Å². The second-order valence-corrected chi connectivity index (χ2v) is 8.76. The highest BCUT2D eigenvalue weighted by Gasteiger charge is 2.22. The molecule has 0 unspecified atom stereocenters. The number of amides is 2. The van der Waals surface area contributed by atoms with Crippen LogP contribution in [0.3, 0.4) is 0 Å². The van der Waals surface area contributed by atoms with Gasteiger partial charge in [0.2, 0.25) is 15.9 Å². The first-order valence-electron chi connectivity index (χ1n) is 9.85. The lowest BCUT2D eigenvalue weighted by molar-refractivity contribution is -0.384. The number of nitro groups is 1. The van der Waals surface area contributed by atoms with Crippen molar-refractivity contribution in [1.29, 1.82) is 0 Å². The van der Waals surface area contributed by atoms with Crippen LogP contribution in [0.4, 0.5) is 11.4 Å². The fourth-order valence-electron chi connectivity index (χ4n) is 2.89. The maximum Gasteiger partial charge on any atom is 0.269 e. The summed E-state index contributed by atoms with van der Waals surface area (Å²) < 4.78 is 27.7. The first-order chi connectivity index (χ1) is 16.2. The highest BCUT2D eigenvalue weighted by Crippen LogP contribution is 2.17. The number of rotatable bonds is 9. The number of hydrogen-bond acceptors (Lipinski definition) is 7. The lowest BCUT2D eigenvalue weighted by atomic mass is 10.2. The van der Waals surface area contributed by atoms with Crippen molar-refractivity contribution < 1.29 is 28.0 Å². The molecule has 176 valence electrons. The number of carbonyl (C=O) groups is 2. The van der Waals surface area contributed by atoms with E-state index in [-0.39, 0.29) is 28.4 Å². The number of anilines is 1. The number of carbonyl (C=O) groups excluding carboxylic acids is 2. The molecular formula is C22H20N4O7S. The second kappa shape index (κ2) is 10.6. The Bertz CT molecular complexity index is 1310. The van der Waals surface area contributed by atoms with Crippen molar-refractivity contribution in [3.05, 3.63) is 94.0 Å². The molecule has 0 atom stereocenters. The Kier molecular flexibility index (Phi) is 7.56. The summed E-state index contributed by atoms with van der Waals surface area (Å²) in [6, 6.07) is 16.7. The van der Waals surface area contributed by atoms with E-state index in [0.717, 1.165) is 0 Å². The molecule has 12 heteroatoms. The zero-order valence-electron chi connectivity index (χ0n) is 17.6. The monoisotopic (exact) mass is 484 g/mol. The van der Waals surface area contributed by atoms with Crippen LogP contribution in [-0.4, -0.2) is 36.8 Å². The highest BCUT2D eigenvalue weighted by atomic mass is 32.2. The van der Waals surface area contributed by atoms with Gasteiger partial charge in [0.1, 0.15) is 5.75 Å². The second-order valence-electron chi connectivity index (χ2n) is 7.02. The number of nitrogens with zero attached hydrogens (tertiary/aromatic N) is 1. The molecule has 3 aromatic carbocycles. The van der Waals surface area contributed by atoms with Gasteiger partial charge in [0, 0.05) is 24.4 Å². The molecule has 34 heavy (non-hydrogen) atoms. The minimum absolute atomic E-state index is 0.0159. The average Bonchev–Trinajstić information content (AvgIpc) is 2.83. The minimum Gasteiger partial charge on any atom is -0.508 e. The predicted octanol–water partition coefficient (Wildman–Crippen LogP) is 2.15. The number of phenolic OH excluding ortho intramolecular Hbond substituents is 1. The van der Waals surface area contributed by atoms with Crippen LogP contribution >= 0.6 is 0 Å². The number of sulfonamides is 1. The summed E-state index contributed by atoms with van der Waals surface area (Å²) in [5.74, 6) is -1.30. The lowest BCUT2D eigenvalue weighted by Gasteiger charge is -2.12. The molecular weight excluding hydrogens is 464 g/mol. The van der Waals surface area contributed by atoms with Crippen LogP contribution in [0.15, 0.2) is 77.7 Å². The maximum absolute atomic E-state index is 12.8. The van der Waals surface area contributed by atoms with Crippen molar-refractivity contribution in [2.45, 2.75) is 11.4 Å². The number of non-ortho nitro benzene ring substituents is 1. The van der Waals surface area contributed by atoms with Crippen molar-refractivity contribution in [2.24, 2.45) is 0 Å². The number of benzene rings is 3. The van der Waals surface area contributed by atoms with Gasteiger partial charge in [-0.25, -0.2) is 13.1 Å². The Morgan fingerprint density at radius 2 is 1.59 bits per heavy atom. The third-order valence-corrected chi connectivity index (χ3v) is 6.05. The normalized spacial score (nSPS) is 10.9. The third-order valence-electron chi connectivity index (χ3n) is 4.60. The number of aromatic hydroxyl groups is 1. The van der Waals surface area contributed by atoms with Gasteiger partial charge in [0.15, 0.2) is 0 Å². The SMILES string of the molecule is O=C(CNS(=O)(=O)c1ccccc1C(=O)NCc1ccc([N+](=O)[O-])cc1)Nc1ccc(O)cc1. The summed E-state index contributed by atoms with van der Waals surface area (Å²) in [4.78, 5) is 34.6. The summed E-state index contributed by atoms with van der Waals surface area (Å²) in [5, 5.41) is 25.1. The number of phenols is 1. The first kappa shape index (κ1) is 24.4. The van der Waals surface area contributed by atoms with E-state index in [0.29, 0.717) is 11.3 Å². The highest BCUT2D eigenvalue weighted by molar-refractivity contribution is 7.89. The van der Waals surface area contributed by atoms with Crippen LogP contribution in [-0.2, 0) is 21.4 Å². The van der Waals surface area contributed by atoms with Gasteiger partial charge in [0.05, 0.1) is 21.9 Å². The van der Waals surface area contributed by atoms with Gasteiger partial charge >= 0.3 is 0 Å². The van der Waals surface area contributed by atoms with Gasteiger partial charge in [-0.2, -0.15) is 0 Å². The zero-order valence-corrected chi connectivity index (χ0v) is 18.4. The molecule has 0 aliphatic heterocycles. The quantitative estimate of drug-likeness (QED) is 0.205. The van der Waals surface area contributed by atoms with E-state index in [2.05, 4.69) is 15.4 Å². The molecule has 0 radical (unpaired) electrons. The third kappa shape index (κ3) is 6.37. The van der Waals surface area contributed by atoms with E-state index in [9.17, 15) is 33.2 Å². The van der Waals surface area contributed by atoms with Gasteiger partial charge in [0.25, 0.3) is 11.6 Å². The summed E-state index contributed by atoms with van der Waals surface area (Å²) in [6.45, 7) is -0.560. The van der Waals surface area contributed by atoms with Crippen molar-refractivity contribution in [3.8, 4) is 5.75 Å². The van der Waals surface area contributed by atoms with Crippen LogP contribution in [0, 0.1) is 10.1 Å². The average molecular weight is 484 g/mol. The maximum atomic E-state index is 12.8. The number of nitro benzene ring substituents is 1. The van der Waals surface area contributed by atoms with Crippen molar-refractivity contribution >= 4 is 33.2 Å². The molecule has 4 N–H and O–H groups in total. The largest absolute Gasteiger partial charge is 0.508 e. The molecule has 11 nitrogen and oxygen atoms in total. The lowest BCUT2D eigenvalue weighted by Crippen LogP contribution is -2.34. The van der Waals surface area contributed by atoms with Gasteiger partial charge < -0.3 is 15.7 Å². The van der Waals surface area contributed by atoms with Crippen LogP contribution in [0.1, 0.15) is 15.9 Å². The molecule has 0 aliphatic carbocycles. The van der Waals surface area contributed by atoms with Gasteiger partial charge in [-0.3, -0.25) is 19.7 Å². The van der Waals surface area contributed by atoms with Crippen LogP contribution in [0.5, 0.6) is 5.75 Å². The summed E-state index contributed by atoms with van der Waals surface area (Å²) in [7, 11) is -4.21. The fourth-order valence-corrected chi connectivity index (χ4v) is 4.07. The fraction of sp³-hybridized carbons (Fsp3) is 0.0909. The van der Waals surface area contributed by atoms with Crippen molar-refractivity contribution in [1.82, 2.24) is 10.0 Å². The first-order valence-corrected chi connectivity index (χ1v) is 11.3. The summed E-state index contributed by atoms with van der Waals surface area (Å²) in [6.07, 6.45) is 0. The van der Waals surface area contributed by atoms with Gasteiger partial charge in [-0.15, -0.1) is 0 Å². The Balaban J connectivity index is 1.65. The van der Waals surface area contributed by atoms with Crippen molar-refractivity contribution in [3.63, 3.8) is 0 Å². The molecule has 0 fully saturated rings. The Morgan fingerprint density at radius 3 is 2.24 bits per heavy atom. The van der Waals surface area contributed by atoms with Crippen LogP contribution < -0.4 is 15.4 Å². The van der Waals surface area contributed by atoms with Crippen LogP contribution in [0.25, 0.3) is 0 Å². The molecule has 0 aliphatic rings. The number of nitrogens with one attached hydrogen (secondary N) is 3. The van der Waals surface area contributed by atoms with Gasteiger partial charge in [-0.1, -0.05) is 24.3 Å². The Hall–Kier alpha value is -4.29. The smallest absolute Gasteiger partial charge is 0.269 e. The Morgan fingerprint density at radius 1 is 0.941 bits per heavy atom. The van der Waals surface area contributed by atoms with E-state index in [1.807, 2.05) is 0 Å². The van der Waals surface area contributed by atoms with Gasteiger partial charge in [-0.05, 0) is 42.0 Å². The molecule has 0 bridgehead atoms. The standard InChI is InChI=1S/C22H20N4O7S/c27-18-11-7-16(8-12-18)25-21(28)14-24-34(32,33)20-4-2-1-3-19(20)22(29)23-13-15-5-9-17(10-6-15)26(30)31/h1-12,24,27H,13-14H2,(H,23,29)(H,25,28). The molecule has 3 aromatic rings. The molecule has 0 heterocycles.